The van der Waals surface area contributed by atoms with Crippen LogP contribution in [0.2, 0.25) is 0 Å². The van der Waals surface area contributed by atoms with Gasteiger partial charge in [0.25, 0.3) is 0 Å². The van der Waals surface area contributed by atoms with E-state index in [1.807, 2.05) is 7.05 Å². The van der Waals surface area contributed by atoms with Crippen molar-refractivity contribution in [2.75, 3.05) is 79.9 Å². The molecule has 0 aliphatic carbocycles. The fraction of sp³-hybridized carbons (Fsp3) is 0.929. The van der Waals surface area contributed by atoms with Gasteiger partial charge in [-0.15, -0.1) is 24.0 Å². The quantitative estimate of drug-likeness (QED) is 0.374. The summed E-state index contributed by atoms with van der Waals surface area (Å²) < 4.78 is 16.2. The van der Waals surface area contributed by atoms with Gasteiger partial charge in [-0.2, -0.15) is 0 Å². The van der Waals surface area contributed by atoms with Crippen LogP contribution in [0.3, 0.4) is 0 Å². The Morgan fingerprint density at radius 1 is 1.27 bits per heavy atom. The van der Waals surface area contributed by atoms with Gasteiger partial charge in [-0.3, -0.25) is 9.89 Å². The number of nitrogens with zero attached hydrogens (tertiary/aromatic N) is 3. The fourth-order valence-corrected chi connectivity index (χ4v) is 2.68. The average Bonchev–Trinajstić information content (AvgIpc) is 2.53. The van der Waals surface area contributed by atoms with Crippen LogP contribution in [-0.2, 0) is 14.2 Å². The molecule has 0 amide bonds. The van der Waals surface area contributed by atoms with E-state index in [4.69, 9.17) is 14.2 Å². The van der Waals surface area contributed by atoms with Crippen molar-refractivity contribution in [2.24, 2.45) is 4.99 Å². The molecule has 1 atom stereocenters. The maximum Gasteiger partial charge on any atom is 0.193 e. The van der Waals surface area contributed by atoms with Crippen LogP contribution in [-0.4, -0.2) is 102 Å². The third-order valence-corrected chi connectivity index (χ3v) is 3.82. The average molecular weight is 428 g/mol. The lowest BCUT2D eigenvalue weighted by molar-refractivity contribution is -0.0447. The Bertz CT molecular complexity index is 325. The van der Waals surface area contributed by atoms with Crippen molar-refractivity contribution >= 4 is 29.9 Å². The van der Waals surface area contributed by atoms with Crippen molar-refractivity contribution in [3.8, 4) is 0 Å². The summed E-state index contributed by atoms with van der Waals surface area (Å²) in [5.41, 5.74) is 0. The van der Waals surface area contributed by atoms with Crippen molar-refractivity contribution < 1.29 is 14.2 Å². The molecule has 2 rings (SSSR count). The molecule has 1 N–H and O–H groups in total. The Morgan fingerprint density at radius 2 is 2.05 bits per heavy atom. The van der Waals surface area contributed by atoms with Gasteiger partial charge in [0, 0.05) is 53.4 Å². The van der Waals surface area contributed by atoms with Gasteiger partial charge >= 0.3 is 0 Å². The Labute approximate surface area is 150 Å². The molecule has 2 aliphatic rings. The normalized spacial score (nSPS) is 24.0. The molecule has 8 heteroatoms. The summed E-state index contributed by atoms with van der Waals surface area (Å²) in [5, 5.41) is 3.45. The van der Waals surface area contributed by atoms with Gasteiger partial charge in [0.1, 0.15) is 0 Å². The molecule has 0 aromatic carbocycles. The summed E-state index contributed by atoms with van der Waals surface area (Å²) >= 11 is 0. The summed E-state index contributed by atoms with van der Waals surface area (Å²) in [6.45, 7) is 8.70. The van der Waals surface area contributed by atoms with Crippen LogP contribution in [0.5, 0.6) is 0 Å². The van der Waals surface area contributed by atoms with Crippen molar-refractivity contribution in [2.45, 2.75) is 6.10 Å². The minimum atomic E-state index is 0. The van der Waals surface area contributed by atoms with Crippen LogP contribution >= 0.6 is 24.0 Å². The highest BCUT2D eigenvalue weighted by atomic mass is 127. The number of rotatable bonds is 5. The Morgan fingerprint density at radius 3 is 2.73 bits per heavy atom. The van der Waals surface area contributed by atoms with E-state index < -0.39 is 0 Å². The van der Waals surface area contributed by atoms with Crippen LogP contribution < -0.4 is 5.32 Å². The topological polar surface area (TPSA) is 58.6 Å². The molecule has 130 valence electrons. The van der Waals surface area contributed by atoms with Crippen LogP contribution in [0.1, 0.15) is 0 Å². The number of guanidine groups is 1. The molecule has 2 saturated heterocycles. The fourth-order valence-electron chi connectivity index (χ4n) is 2.68. The minimum absolute atomic E-state index is 0. The molecule has 22 heavy (non-hydrogen) atoms. The van der Waals surface area contributed by atoms with E-state index in [1.54, 1.807) is 7.11 Å². The molecule has 0 bridgehead atoms. The van der Waals surface area contributed by atoms with E-state index in [0.29, 0.717) is 6.61 Å². The summed E-state index contributed by atoms with van der Waals surface area (Å²) in [6, 6.07) is 0. The lowest BCUT2D eigenvalue weighted by Gasteiger charge is -2.35. The lowest BCUT2D eigenvalue weighted by Crippen LogP contribution is -2.52. The Hall–Kier alpha value is -0.160. The lowest BCUT2D eigenvalue weighted by atomic mass is 10.3. The van der Waals surface area contributed by atoms with E-state index in [1.165, 1.54) is 0 Å². The van der Waals surface area contributed by atoms with Gasteiger partial charge < -0.3 is 24.4 Å². The molecule has 2 heterocycles. The molecule has 0 aromatic heterocycles. The number of hydrogen-bond acceptors (Lipinski definition) is 5. The number of aliphatic imine (C=N–C) groups is 1. The van der Waals surface area contributed by atoms with Crippen molar-refractivity contribution in [1.29, 1.82) is 0 Å². The maximum atomic E-state index is 5.67. The van der Waals surface area contributed by atoms with E-state index in [9.17, 15) is 0 Å². The number of nitrogens with one attached hydrogen (secondary N) is 1. The van der Waals surface area contributed by atoms with Gasteiger partial charge in [-0.25, -0.2) is 0 Å². The highest BCUT2D eigenvalue weighted by Crippen LogP contribution is 2.06. The second kappa shape index (κ2) is 11.4. The van der Waals surface area contributed by atoms with Crippen molar-refractivity contribution in [3.63, 3.8) is 0 Å². The zero-order valence-electron chi connectivity index (χ0n) is 13.6. The first-order valence-corrected chi connectivity index (χ1v) is 7.69. The van der Waals surface area contributed by atoms with Crippen molar-refractivity contribution in [1.82, 2.24) is 15.1 Å². The largest absolute Gasteiger partial charge is 0.382 e. The third-order valence-electron chi connectivity index (χ3n) is 3.82. The first-order valence-electron chi connectivity index (χ1n) is 7.69. The van der Waals surface area contributed by atoms with Crippen LogP contribution in [0.15, 0.2) is 4.99 Å². The molecular weight excluding hydrogens is 399 g/mol. The van der Waals surface area contributed by atoms with Crippen LogP contribution in [0.4, 0.5) is 0 Å². The number of hydrogen-bond donors (Lipinski definition) is 1. The van der Waals surface area contributed by atoms with E-state index >= 15 is 0 Å². The number of ether oxygens (including phenoxy) is 3. The van der Waals surface area contributed by atoms with Gasteiger partial charge in [0.2, 0.25) is 0 Å². The van der Waals surface area contributed by atoms with Gasteiger partial charge in [0.15, 0.2) is 5.96 Å². The number of halogens is 1. The SMILES string of the molecule is CN=C(NCCN1CCOCC1)N1CCOC(COC)C1.I. The van der Waals surface area contributed by atoms with Crippen LogP contribution in [0.25, 0.3) is 0 Å². The zero-order valence-corrected chi connectivity index (χ0v) is 16.0. The highest BCUT2D eigenvalue weighted by molar-refractivity contribution is 14.0. The van der Waals surface area contributed by atoms with Crippen molar-refractivity contribution in [3.05, 3.63) is 0 Å². The molecule has 2 aliphatic heterocycles. The molecule has 7 nitrogen and oxygen atoms in total. The Kier molecular flexibility index (Phi) is 10.3. The molecular formula is C14H29IN4O3. The zero-order chi connectivity index (χ0) is 14.9. The number of methoxy groups -OCH3 is 1. The van der Waals surface area contributed by atoms with Crippen LogP contribution in [0, 0.1) is 0 Å². The molecule has 2 fully saturated rings. The number of morpholine rings is 2. The van der Waals surface area contributed by atoms with E-state index in [0.717, 1.165) is 65.0 Å². The van der Waals surface area contributed by atoms with E-state index in [-0.39, 0.29) is 30.1 Å². The smallest absolute Gasteiger partial charge is 0.193 e. The Balaban J connectivity index is 0.00000242. The van der Waals surface area contributed by atoms with E-state index in [2.05, 4.69) is 20.1 Å². The molecule has 0 spiro atoms. The monoisotopic (exact) mass is 428 g/mol. The summed E-state index contributed by atoms with van der Waals surface area (Å²) in [4.78, 5) is 9.04. The standard InChI is InChI=1S/C14H28N4O3.HI/c1-15-14(16-3-4-17-5-8-20-9-6-17)18-7-10-21-13(11-18)12-19-2;/h13H,3-12H2,1-2H3,(H,15,16);1H. The first kappa shape index (κ1) is 19.9. The molecule has 0 radical (unpaired) electrons. The van der Waals surface area contributed by atoms with Gasteiger partial charge in [0.05, 0.1) is 32.5 Å². The summed E-state index contributed by atoms with van der Waals surface area (Å²) in [7, 11) is 3.54. The summed E-state index contributed by atoms with van der Waals surface area (Å²) in [6.07, 6.45) is 0.126. The molecule has 0 aromatic rings. The summed E-state index contributed by atoms with van der Waals surface area (Å²) in [5.74, 6) is 0.952. The second-order valence-electron chi connectivity index (χ2n) is 5.32. The predicted octanol–water partition coefficient (Wildman–Crippen LogP) is -0.141. The predicted molar refractivity (Wildman–Crippen MR) is 97.2 cm³/mol. The maximum absolute atomic E-state index is 5.67. The van der Waals surface area contributed by atoms with Gasteiger partial charge in [-0.05, 0) is 0 Å². The second-order valence-corrected chi connectivity index (χ2v) is 5.32. The third kappa shape index (κ3) is 6.53. The molecule has 0 saturated carbocycles. The molecule has 1 unspecified atom stereocenters. The first-order chi connectivity index (χ1) is 10.3. The van der Waals surface area contributed by atoms with Gasteiger partial charge in [-0.1, -0.05) is 0 Å². The highest BCUT2D eigenvalue weighted by Gasteiger charge is 2.22. The minimum Gasteiger partial charge on any atom is -0.382 e.